The lowest BCUT2D eigenvalue weighted by Gasteiger charge is -2.40. The van der Waals surface area contributed by atoms with Gasteiger partial charge in [-0.3, -0.25) is 9.69 Å². The zero-order valence-corrected chi connectivity index (χ0v) is 8.51. The highest BCUT2D eigenvalue weighted by Gasteiger charge is 2.37. The molecule has 1 heterocycles. The number of hydrogen-bond acceptors (Lipinski definition) is 4. The van der Waals surface area contributed by atoms with Gasteiger partial charge in [0.2, 0.25) is 0 Å². The molecule has 1 aliphatic rings. The summed E-state index contributed by atoms with van der Waals surface area (Å²) in [5.41, 5.74) is 0. The highest BCUT2D eigenvalue weighted by Crippen LogP contribution is 2.16. The second-order valence-electron chi connectivity index (χ2n) is 3.63. The van der Waals surface area contributed by atoms with Gasteiger partial charge in [-0.25, -0.2) is 0 Å². The minimum absolute atomic E-state index is 0.0312. The summed E-state index contributed by atoms with van der Waals surface area (Å²) >= 11 is 0. The van der Waals surface area contributed by atoms with E-state index >= 15 is 0 Å². The van der Waals surface area contributed by atoms with Gasteiger partial charge in [0.15, 0.2) is 0 Å². The minimum Gasteiger partial charge on any atom is -0.480 e. The molecular formula is C9H17NO4. The molecule has 0 radical (unpaired) electrons. The average molecular weight is 203 g/mol. The quantitative estimate of drug-likeness (QED) is 0.649. The number of nitrogens with zero attached hydrogens (tertiary/aromatic N) is 1. The van der Waals surface area contributed by atoms with Gasteiger partial charge in [-0.2, -0.15) is 0 Å². The number of aliphatic hydroxyl groups excluding tert-OH is 1. The molecule has 0 aromatic carbocycles. The van der Waals surface area contributed by atoms with Gasteiger partial charge in [-0.1, -0.05) is 0 Å². The van der Waals surface area contributed by atoms with Crippen molar-refractivity contribution in [2.45, 2.75) is 32.0 Å². The Labute approximate surface area is 83.3 Å². The second-order valence-corrected chi connectivity index (χ2v) is 3.63. The van der Waals surface area contributed by atoms with Crippen LogP contribution in [0.3, 0.4) is 0 Å². The molecule has 1 rings (SSSR count). The first-order valence-corrected chi connectivity index (χ1v) is 4.79. The predicted octanol–water partition coefficient (Wildman–Crippen LogP) is -0.459. The number of carboxylic acid groups (broad SMARTS) is 1. The zero-order valence-electron chi connectivity index (χ0n) is 8.51. The van der Waals surface area contributed by atoms with Crippen LogP contribution >= 0.6 is 0 Å². The van der Waals surface area contributed by atoms with E-state index in [1.807, 2.05) is 6.92 Å². The summed E-state index contributed by atoms with van der Waals surface area (Å²) in [4.78, 5) is 12.8. The highest BCUT2D eigenvalue weighted by molar-refractivity contribution is 5.74. The summed E-state index contributed by atoms with van der Waals surface area (Å²) in [6, 6.07) is -0.784. The van der Waals surface area contributed by atoms with Crippen molar-refractivity contribution in [2.24, 2.45) is 0 Å². The Bertz CT molecular complexity index is 209. The van der Waals surface area contributed by atoms with Crippen LogP contribution in [0.25, 0.3) is 0 Å². The first-order valence-electron chi connectivity index (χ1n) is 4.79. The van der Waals surface area contributed by atoms with Crippen LogP contribution in [0.2, 0.25) is 0 Å². The van der Waals surface area contributed by atoms with Crippen LogP contribution in [0, 0.1) is 0 Å². The lowest BCUT2D eigenvalue weighted by atomic mass is 10.1. The van der Waals surface area contributed by atoms with Crippen molar-refractivity contribution in [3.05, 3.63) is 0 Å². The molecule has 1 aliphatic heterocycles. The number of aliphatic hydroxyl groups is 1. The number of rotatable bonds is 3. The maximum Gasteiger partial charge on any atom is 0.323 e. The summed E-state index contributed by atoms with van der Waals surface area (Å²) in [6.45, 7) is 4.61. The number of hydrogen-bond donors (Lipinski definition) is 2. The van der Waals surface area contributed by atoms with Crippen molar-refractivity contribution in [1.82, 2.24) is 4.90 Å². The maximum absolute atomic E-state index is 11.0. The third-order valence-corrected chi connectivity index (χ3v) is 2.62. The Hall–Kier alpha value is -0.650. The zero-order chi connectivity index (χ0) is 10.7. The Balaban J connectivity index is 2.74. The molecule has 5 nitrogen and oxygen atoms in total. The monoisotopic (exact) mass is 203 g/mol. The minimum atomic E-state index is -0.891. The number of carboxylic acids is 1. The van der Waals surface area contributed by atoms with Crippen molar-refractivity contribution in [2.75, 3.05) is 19.8 Å². The summed E-state index contributed by atoms with van der Waals surface area (Å²) in [5, 5.41) is 18.0. The number of aliphatic carboxylic acids is 1. The van der Waals surface area contributed by atoms with Gasteiger partial charge in [0.1, 0.15) is 6.04 Å². The third-order valence-electron chi connectivity index (χ3n) is 2.62. The largest absolute Gasteiger partial charge is 0.480 e. The van der Waals surface area contributed by atoms with Gasteiger partial charge in [0.25, 0.3) is 0 Å². The molecule has 14 heavy (non-hydrogen) atoms. The predicted molar refractivity (Wildman–Crippen MR) is 50.1 cm³/mol. The van der Waals surface area contributed by atoms with Crippen LogP contribution in [0.5, 0.6) is 0 Å². The summed E-state index contributed by atoms with van der Waals surface area (Å²) in [5.74, 6) is -0.891. The number of ether oxygens (including phenoxy) is 1. The maximum atomic E-state index is 11.0. The third kappa shape index (κ3) is 2.23. The summed E-state index contributed by atoms with van der Waals surface area (Å²) in [6.07, 6.45) is -0.324. The molecule has 0 saturated carbocycles. The molecule has 82 valence electrons. The number of morpholine rings is 1. The topological polar surface area (TPSA) is 70.0 Å². The van der Waals surface area contributed by atoms with Crippen LogP contribution in [0.15, 0.2) is 0 Å². The van der Waals surface area contributed by atoms with E-state index in [2.05, 4.69) is 0 Å². The lowest BCUT2D eigenvalue weighted by molar-refractivity contribution is -0.159. The van der Waals surface area contributed by atoms with Crippen LogP contribution < -0.4 is 0 Å². The van der Waals surface area contributed by atoms with Gasteiger partial charge < -0.3 is 14.9 Å². The van der Waals surface area contributed by atoms with Crippen LogP contribution in [0.4, 0.5) is 0 Å². The van der Waals surface area contributed by atoms with E-state index in [1.54, 1.807) is 11.8 Å². The molecule has 1 fully saturated rings. The Kier molecular flexibility index (Phi) is 3.86. The summed E-state index contributed by atoms with van der Waals surface area (Å²) in [7, 11) is 0. The van der Waals surface area contributed by atoms with E-state index in [9.17, 15) is 4.79 Å². The highest BCUT2D eigenvalue weighted by atomic mass is 16.5. The summed E-state index contributed by atoms with van der Waals surface area (Å²) < 4.78 is 5.27. The molecule has 0 aromatic heterocycles. The van der Waals surface area contributed by atoms with E-state index in [0.29, 0.717) is 13.2 Å². The normalized spacial score (nSPS) is 31.4. The Morgan fingerprint density at radius 1 is 1.71 bits per heavy atom. The molecule has 0 aliphatic carbocycles. The van der Waals surface area contributed by atoms with Crippen LogP contribution in [-0.2, 0) is 9.53 Å². The van der Waals surface area contributed by atoms with Gasteiger partial charge in [0, 0.05) is 12.6 Å². The molecule has 3 unspecified atom stereocenters. The van der Waals surface area contributed by atoms with Gasteiger partial charge in [-0.05, 0) is 13.8 Å². The van der Waals surface area contributed by atoms with Crippen molar-refractivity contribution in [1.29, 1.82) is 0 Å². The first-order chi connectivity index (χ1) is 6.57. The average Bonchev–Trinajstić information content (AvgIpc) is 2.15. The second kappa shape index (κ2) is 4.72. The fourth-order valence-corrected chi connectivity index (χ4v) is 1.79. The SMILES string of the molecule is CC1OCCN(C(C)CO)C1C(=O)O. The smallest absolute Gasteiger partial charge is 0.323 e. The molecular weight excluding hydrogens is 186 g/mol. The van der Waals surface area contributed by atoms with Crippen molar-refractivity contribution < 1.29 is 19.7 Å². The fourth-order valence-electron chi connectivity index (χ4n) is 1.79. The van der Waals surface area contributed by atoms with Crippen molar-refractivity contribution >= 4 is 5.97 Å². The Morgan fingerprint density at radius 3 is 2.86 bits per heavy atom. The van der Waals surface area contributed by atoms with Gasteiger partial charge >= 0.3 is 5.97 Å². The van der Waals surface area contributed by atoms with E-state index in [4.69, 9.17) is 14.9 Å². The van der Waals surface area contributed by atoms with E-state index in [-0.39, 0.29) is 18.8 Å². The molecule has 3 atom stereocenters. The van der Waals surface area contributed by atoms with E-state index < -0.39 is 12.0 Å². The standard InChI is InChI=1S/C9H17NO4/c1-6(5-11)10-3-4-14-7(2)8(10)9(12)13/h6-8,11H,3-5H2,1-2H3,(H,12,13). The van der Waals surface area contributed by atoms with Crippen molar-refractivity contribution in [3.8, 4) is 0 Å². The molecule has 2 N–H and O–H groups in total. The van der Waals surface area contributed by atoms with E-state index in [0.717, 1.165) is 0 Å². The molecule has 0 amide bonds. The van der Waals surface area contributed by atoms with Gasteiger partial charge in [-0.15, -0.1) is 0 Å². The van der Waals surface area contributed by atoms with Crippen LogP contribution in [-0.4, -0.2) is 59.0 Å². The fraction of sp³-hybridized carbons (Fsp3) is 0.889. The molecule has 1 saturated heterocycles. The van der Waals surface area contributed by atoms with Crippen LogP contribution in [0.1, 0.15) is 13.8 Å². The first kappa shape index (κ1) is 11.4. The molecule has 0 aromatic rings. The molecule has 0 spiro atoms. The van der Waals surface area contributed by atoms with Gasteiger partial charge in [0.05, 0.1) is 19.3 Å². The van der Waals surface area contributed by atoms with Crippen molar-refractivity contribution in [3.63, 3.8) is 0 Å². The molecule has 5 heteroatoms. The lowest BCUT2D eigenvalue weighted by Crippen LogP contribution is -2.58. The number of carbonyl (C=O) groups is 1. The van der Waals surface area contributed by atoms with E-state index in [1.165, 1.54) is 0 Å². The molecule has 0 bridgehead atoms. The Morgan fingerprint density at radius 2 is 2.36 bits per heavy atom.